The third-order valence-electron chi connectivity index (χ3n) is 7.06. The molecular weight excluding hydrogens is 416 g/mol. The van der Waals surface area contributed by atoms with Crippen LogP contribution >= 0.6 is 0 Å². The third-order valence-corrected chi connectivity index (χ3v) is 9.29. The molecular formula is C28H27O3S+. The predicted octanol–water partition coefficient (Wildman–Crippen LogP) is 6.04. The van der Waals surface area contributed by atoms with E-state index < -0.39 is 0 Å². The van der Waals surface area contributed by atoms with E-state index in [0.717, 1.165) is 37.9 Å². The number of hydrogen-bond acceptors (Lipinski definition) is 3. The Labute approximate surface area is 192 Å². The standard InChI is InChI=1S/C28H27O3S/c29-27-21-15-20-16-23(30-27)19-28(17-20,18-21)31-22-11-13-26(14-12-22)32(24-7-3-1-4-8-24)25-9-5-2-6-10-25/h1-14,20-21,23H,15-19H2/q+1. The molecule has 4 aliphatic rings. The Hall–Kier alpha value is -2.72. The first-order valence-electron chi connectivity index (χ1n) is 11.5. The molecule has 4 bridgehead atoms. The van der Waals surface area contributed by atoms with Gasteiger partial charge >= 0.3 is 5.97 Å². The lowest BCUT2D eigenvalue weighted by Gasteiger charge is -2.46. The van der Waals surface area contributed by atoms with E-state index in [-0.39, 0.29) is 34.5 Å². The van der Waals surface area contributed by atoms with Gasteiger partial charge in [0.25, 0.3) is 0 Å². The highest BCUT2D eigenvalue weighted by molar-refractivity contribution is 7.97. The minimum absolute atomic E-state index is 0.00236. The van der Waals surface area contributed by atoms with E-state index in [4.69, 9.17) is 9.47 Å². The van der Waals surface area contributed by atoms with Gasteiger partial charge in [-0.25, -0.2) is 0 Å². The number of rotatable bonds is 5. The van der Waals surface area contributed by atoms with Crippen molar-refractivity contribution in [1.29, 1.82) is 0 Å². The van der Waals surface area contributed by atoms with Gasteiger partial charge in [-0.2, -0.15) is 0 Å². The van der Waals surface area contributed by atoms with Crippen LogP contribution in [0.2, 0.25) is 0 Å². The van der Waals surface area contributed by atoms with E-state index in [1.165, 1.54) is 14.7 Å². The highest BCUT2D eigenvalue weighted by Crippen LogP contribution is 2.51. The second-order valence-corrected chi connectivity index (χ2v) is 11.4. The van der Waals surface area contributed by atoms with E-state index in [2.05, 4.69) is 84.9 Å². The van der Waals surface area contributed by atoms with Crippen LogP contribution in [0.25, 0.3) is 0 Å². The van der Waals surface area contributed by atoms with Crippen molar-refractivity contribution < 1.29 is 14.3 Å². The lowest BCUT2D eigenvalue weighted by Crippen LogP contribution is -2.49. The molecule has 2 saturated carbocycles. The van der Waals surface area contributed by atoms with Gasteiger partial charge in [0.05, 0.1) is 16.8 Å². The topological polar surface area (TPSA) is 35.5 Å². The maximum absolute atomic E-state index is 12.4. The van der Waals surface area contributed by atoms with Gasteiger partial charge in [-0.3, -0.25) is 4.79 Å². The van der Waals surface area contributed by atoms with E-state index >= 15 is 0 Å². The summed E-state index contributed by atoms with van der Waals surface area (Å²) in [6.45, 7) is 0. The van der Waals surface area contributed by atoms with E-state index in [1.54, 1.807) is 0 Å². The van der Waals surface area contributed by atoms with Crippen LogP contribution in [0.5, 0.6) is 5.75 Å². The molecule has 4 heteroatoms. The number of fused-ring (bicyclic) bond motifs is 1. The zero-order valence-electron chi connectivity index (χ0n) is 18.0. The van der Waals surface area contributed by atoms with Crippen molar-refractivity contribution in [3.63, 3.8) is 0 Å². The fourth-order valence-corrected chi connectivity index (χ4v) is 8.00. The molecule has 0 spiro atoms. The van der Waals surface area contributed by atoms with Crippen LogP contribution in [0.1, 0.15) is 32.1 Å². The van der Waals surface area contributed by atoms with E-state index in [0.29, 0.717) is 5.92 Å². The minimum Gasteiger partial charge on any atom is -0.487 e. The maximum atomic E-state index is 12.4. The van der Waals surface area contributed by atoms with Gasteiger partial charge in [0.15, 0.2) is 14.7 Å². The molecule has 32 heavy (non-hydrogen) atoms. The van der Waals surface area contributed by atoms with Crippen molar-refractivity contribution in [2.75, 3.05) is 0 Å². The van der Waals surface area contributed by atoms with Crippen molar-refractivity contribution in [1.82, 2.24) is 0 Å². The predicted molar refractivity (Wildman–Crippen MR) is 125 cm³/mol. The smallest absolute Gasteiger partial charge is 0.309 e. The van der Waals surface area contributed by atoms with Crippen LogP contribution in [-0.4, -0.2) is 17.7 Å². The number of ether oxygens (including phenoxy) is 2. The molecule has 3 aromatic rings. The van der Waals surface area contributed by atoms with E-state index in [9.17, 15) is 4.79 Å². The number of carbonyl (C=O) groups is 1. The highest BCUT2D eigenvalue weighted by Gasteiger charge is 2.54. The van der Waals surface area contributed by atoms with Crippen molar-refractivity contribution in [2.24, 2.45) is 11.8 Å². The quantitative estimate of drug-likeness (QED) is 0.356. The fourth-order valence-electron chi connectivity index (χ4n) is 5.91. The van der Waals surface area contributed by atoms with Gasteiger partial charge in [-0.1, -0.05) is 36.4 Å². The molecule has 0 N–H and O–H groups in total. The average molecular weight is 444 g/mol. The molecule has 4 unspecified atom stereocenters. The van der Waals surface area contributed by atoms with E-state index in [1.807, 2.05) is 0 Å². The summed E-state index contributed by atoms with van der Waals surface area (Å²) in [6.07, 6.45) is 4.65. The van der Waals surface area contributed by atoms with Crippen LogP contribution < -0.4 is 4.74 Å². The molecule has 2 aliphatic carbocycles. The lowest BCUT2D eigenvalue weighted by atomic mass is 9.65. The first-order valence-corrected chi connectivity index (χ1v) is 12.7. The van der Waals surface area contributed by atoms with Gasteiger partial charge in [-0.15, -0.1) is 0 Å². The summed E-state index contributed by atoms with van der Waals surface area (Å²) in [5, 5.41) is 0. The number of esters is 1. The molecule has 4 atom stereocenters. The Bertz CT molecular complexity index is 1060. The molecule has 7 rings (SSSR count). The largest absolute Gasteiger partial charge is 0.487 e. The second-order valence-electron chi connectivity index (χ2n) is 9.39. The SMILES string of the molecule is O=C1OC2CC3CC1CC(Oc1ccc([S+](c4ccccc4)c4ccccc4)cc1)(C3)C2. The van der Waals surface area contributed by atoms with Crippen molar-refractivity contribution in [3.8, 4) is 5.75 Å². The second kappa shape index (κ2) is 8.00. The molecule has 4 fully saturated rings. The van der Waals surface area contributed by atoms with Crippen LogP contribution in [0.4, 0.5) is 0 Å². The molecule has 2 heterocycles. The Morgan fingerprint density at radius 2 is 1.38 bits per heavy atom. The molecule has 0 radical (unpaired) electrons. The summed E-state index contributed by atoms with van der Waals surface area (Å²) >= 11 is 0. The maximum Gasteiger partial charge on any atom is 0.309 e. The first kappa shape index (κ1) is 19.9. The highest BCUT2D eigenvalue weighted by atomic mass is 32.2. The summed E-state index contributed by atoms with van der Waals surface area (Å²) in [4.78, 5) is 16.3. The molecule has 2 saturated heterocycles. The monoisotopic (exact) mass is 443 g/mol. The molecule has 0 aromatic heterocycles. The molecule has 0 amide bonds. The summed E-state index contributed by atoms with van der Waals surface area (Å²) in [5.74, 6) is 1.43. The normalized spacial score (nSPS) is 28.4. The average Bonchev–Trinajstić information content (AvgIpc) is 2.97. The lowest BCUT2D eigenvalue weighted by molar-refractivity contribution is -0.151. The first-order chi connectivity index (χ1) is 15.7. The summed E-state index contributed by atoms with van der Waals surface area (Å²) < 4.78 is 12.4. The van der Waals surface area contributed by atoms with Crippen LogP contribution in [-0.2, 0) is 20.4 Å². The van der Waals surface area contributed by atoms with Crippen LogP contribution in [0.15, 0.2) is 99.6 Å². The summed E-state index contributed by atoms with van der Waals surface area (Å²) in [6, 6.07) is 30.0. The Kier molecular flexibility index (Phi) is 4.98. The fraction of sp³-hybridized carbons (Fsp3) is 0.321. The van der Waals surface area contributed by atoms with Gasteiger partial charge in [0, 0.05) is 12.8 Å². The molecule has 3 nitrogen and oxygen atoms in total. The minimum atomic E-state index is -0.259. The van der Waals surface area contributed by atoms with Crippen molar-refractivity contribution in [3.05, 3.63) is 84.9 Å². The summed E-state index contributed by atoms with van der Waals surface area (Å²) in [7, 11) is -0.163. The number of hydrogen-bond donors (Lipinski definition) is 0. The number of benzene rings is 3. The van der Waals surface area contributed by atoms with Crippen LogP contribution in [0, 0.1) is 11.8 Å². The Morgan fingerprint density at radius 1 is 0.750 bits per heavy atom. The molecule has 3 aromatic carbocycles. The zero-order chi connectivity index (χ0) is 21.5. The van der Waals surface area contributed by atoms with Gasteiger partial charge < -0.3 is 9.47 Å². The Morgan fingerprint density at radius 3 is 2.03 bits per heavy atom. The van der Waals surface area contributed by atoms with Gasteiger partial charge in [0.2, 0.25) is 0 Å². The van der Waals surface area contributed by atoms with Gasteiger partial charge in [-0.05, 0) is 73.7 Å². The number of carbonyl (C=O) groups excluding carboxylic acids is 1. The third kappa shape index (κ3) is 3.71. The molecule has 2 aliphatic heterocycles. The van der Waals surface area contributed by atoms with Crippen LogP contribution in [0.3, 0.4) is 0 Å². The summed E-state index contributed by atoms with van der Waals surface area (Å²) in [5.41, 5.74) is -0.259. The molecule has 162 valence electrons. The Balaban J connectivity index is 1.29. The van der Waals surface area contributed by atoms with Crippen molar-refractivity contribution >= 4 is 16.9 Å². The van der Waals surface area contributed by atoms with Crippen molar-refractivity contribution in [2.45, 2.75) is 58.5 Å². The van der Waals surface area contributed by atoms with Gasteiger partial charge in [0.1, 0.15) is 17.5 Å². The zero-order valence-corrected chi connectivity index (χ0v) is 18.8.